The minimum atomic E-state index is -3.56. The van der Waals surface area contributed by atoms with Gasteiger partial charge in [-0.2, -0.15) is 0 Å². The molecule has 15 heavy (non-hydrogen) atoms. The maximum absolute atomic E-state index is 11.1. The Morgan fingerprint density at radius 2 is 1.53 bits per heavy atom. The van der Waals surface area contributed by atoms with Crippen LogP contribution in [0.1, 0.15) is 6.92 Å². The van der Waals surface area contributed by atoms with Gasteiger partial charge in [-0.25, -0.2) is 26.3 Å². The van der Waals surface area contributed by atoms with Crippen molar-refractivity contribution in [1.82, 2.24) is 9.44 Å². The van der Waals surface area contributed by atoms with E-state index in [0.29, 0.717) is 0 Å². The van der Waals surface area contributed by atoms with Crippen molar-refractivity contribution in [2.75, 3.05) is 31.2 Å². The maximum atomic E-state index is 11.1. The molecular weight excluding hydrogens is 244 g/mol. The predicted molar refractivity (Wildman–Crippen MR) is 56.3 cm³/mol. The second-order valence-corrected chi connectivity index (χ2v) is 6.61. The highest BCUT2D eigenvalue weighted by Gasteiger charge is 2.12. The molecule has 0 saturated carbocycles. The topological polar surface area (TPSA) is 113 Å². The van der Waals surface area contributed by atoms with E-state index in [1.54, 1.807) is 6.92 Å². The number of aliphatic hydroxyl groups is 1. The second kappa shape index (κ2) is 6.38. The number of nitrogens with one attached hydrogen (secondary N) is 2. The lowest BCUT2D eigenvalue weighted by atomic mass is 10.8. The number of hydrogen-bond donors (Lipinski definition) is 3. The molecule has 7 nitrogen and oxygen atoms in total. The Kier molecular flexibility index (Phi) is 6.29. The maximum Gasteiger partial charge on any atom is 0.213 e. The van der Waals surface area contributed by atoms with Gasteiger partial charge in [0, 0.05) is 13.1 Å². The number of sulfonamides is 2. The van der Waals surface area contributed by atoms with Gasteiger partial charge >= 0.3 is 0 Å². The highest BCUT2D eigenvalue weighted by molar-refractivity contribution is 7.90. The zero-order chi connectivity index (χ0) is 11.9. The van der Waals surface area contributed by atoms with E-state index in [-0.39, 0.29) is 18.8 Å². The summed E-state index contributed by atoms with van der Waals surface area (Å²) in [4.78, 5) is 0. The van der Waals surface area contributed by atoms with Gasteiger partial charge in [0.25, 0.3) is 0 Å². The highest BCUT2D eigenvalue weighted by Crippen LogP contribution is 1.85. The van der Waals surface area contributed by atoms with E-state index >= 15 is 0 Å². The van der Waals surface area contributed by atoms with Crippen LogP contribution in [0.2, 0.25) is 0 Å². The van der Waals surface area contributed by atoms with Gasteiger partial charge in [0.2, 0.25) is 20.0 Å². The first-order valence-corrected chi connectivity index (χ1v) is 7.69. The lowest BCUT2D eigenvalue weighted by Crippen LogP contribution is -2.35. The average Bonchev–Trinajstić information content (AvgIpc) is 2.02. The molecule has 0 aliphatic rings. The molecule has 0 fully saturated rings. The smallest absolute Gasteiger partial charge is 0.213 e. The fourth-order valence-electron chi connectivity index (χ4n) is 0.816. The summed E-state index contributed by atoms with van der Waals surface area (Å²) in [5, 5.41) is 8.40. The molecule has 0 aliphatic carbocycles. The Labute approximate surface area is 90.0 Å². The van der Waals surface area contributed by atoms with Gasteiger partial charge in [-0.05, 0) is 0 Å². The Bertz CT molecular complexity index is 325. The Balaban J connectivity index is 4.00. The van der Waals surface area contributed by atoms with Crippen molar-refractivity contribution >= 4 is 20.0 Å². The molecule has 0 radical (unpaired) electrons. The quantitative estimate of drug-likeness (QED) is 0.460. The number of aliphatic hydroxyl groups excluding tert-OH is 1. The zero-order valence-electron chi connectivity index (χ0n) is 8.43. The van der Waals surface area contributed by atoms with Crippen LogP contribution in [0, 0.1) is 0 Å². The van der Waals surface area contributed by atoms with Crippen LogP contribution in [0.15, 0.2) is 0 Å². The van der Waals surface area contributed by atoms with E-state index in [9.17, 15) is 16.8 Å². The third kappa shape index (κ3) is 7.68. The molecule has 0 aliphatic heterocycles. The van der Waals surface area contributed by atoms with Crippen molar-refractivity contribution in [1.29, 1.82) is 0 Å². The van der Waals surface area contributed by atoms with Gasteiger partial charge in [0.1, 0.15) is 0 Å². The van der Waals surface area contributed by atoms with Gasteiger partial charge in [0.05, 0.1) is 18.1 Å². The summed E-state index contributed by atoms with van der Waals surface area (Å²) in [6.45, 7) is 1.21. The molecule has 0 saturated heterocycles. The molecule has 3 N–H and O–H groups in total. The monoisotopic (exact) mass is 260 g/mol. The van der Waals surface area contributed by atoms with Crippen LogP contribution >= 0.6 is 0 Å². The van der Waals surface area contributed by atoms with E-state index in [1.807, 2.05) is 0 Å². The van der Waals surface area contributed by atoms with Crippen molar-refractivity contribution < 1.29 is 21.9 Å². The molecule has 0 amide bonds. The third-order valence-electron chi connectivity index (χ3n) is 1.42. The van der Waals surface area contributed by atoms with Crippen LogP contribution in [-0.4, -0.2) is 53.1 Å². The van der Waals surface area contributed by atoms with Gasteiger partial charge in [0.15, 0.2) is 0 Å². The van der Waals surface area contributed by atoms with Crippen molar-refractivity contribution in [2.24, 2.45) is 0 Å². The summed E-state index contributed by atoms with van der Waals surface area (Å²) in [7, 11) is -6.97. The molecule has 0 aromatic heterocycles. The Hall–Kier alpha value is -0.220. The lowest BCUT2D eigenvalue weighted by Gasteiger charge is -2.06. The van der Waals surface area contributed by atoms with Crippen molar-refractivity contribution in [3.63, 3.8) is 0 Å². The standard InChI is InChI=1S/C6H16N2O5S2/c1-2-7-14(10,11)5-3-8-15(12,13)6-4-9/h7-9H,2-6H2,1H3. The molecule has 92 valence electrons. The Morgan fingerprint density at radius 3 is 2.00 bits per heavy atom. The highest BCUT2D eigenvalue weighted by atomic mass is 32.2. The largest absolute Gasteiger partial charge is 0.395 e. The molecule has 9 heteroatoms. The van der Waals surface area contributed by atoms with E-state index in [0.717, 1.165) is 0 Å². The summed E-state index contributed by atoms with van der Waals surface area (Å²) in [6, 6.07) is 0. The number of rotatable bonds is 8. The molecule has 0 rings (SSSR count). The average molecular weight is 260 g/mol. The fourth-order valence-corrected chi connectivity index (χ4v) is 2.70. The van der Waals surface area contributed by atoms with Crippen LogP contribution < -0.4 is 9.44 Å². The molecular formula is C6H16N2O5S2. The Morgan fingerprint density at radius 1 is 1.00 bits per heavy atom. The fraction of sp³-hybridized carbons (Fsp3) is 1.00. The zero-order valence-corrected chi connectivity index (χ0v) is 10.1. The molecule has 0 heterocycles. The summed E-state index contributed by atoms with van der Waals surface area (Å²) >= 11 is 0. The SMILES string of the molecule is CCNS(=O)(=O)CCNS(=O)(=O)CCO. The van der Waals surface area contributed by atoms with Crippen molar-refractivity contribution in [3.05, 3.63) is 0 Å². The molecule has 0 bridgehead atoms. The van der Waals surface area contributed by atoms with Crippen LogP contribution in [-0.2, 0) is 20.0 Å². The predicted octanol–water partition coefficient (Wildman–Crippen LogP) is -2.16. The van der Waals surface area contributed by atoms with Gasteiger partial charge in [-0.3, -0.25) is 0 Å². The third-order valence-corrected chi connectivity index (χ3v) is 4.25. The molecule has 0 aromatic carbocycles. The first-order valence-electron chi connectivity index (χ1n) is 4.38. The van der Waals surface area contributed by atoms with Gasteiger partial charge in [-0.15, -0.1) is 0 Å². The van der Waals surface area contributed by atoms with E-state index in [2.05, 4.69) is 9.44 Å². The summed E-state index contributed by atoms with van der Waals surface area (Å²) in [5.41, 5.74) is 0. The van der Waals surface area contributed by atoms with E-state index in [4.69, 9.17) is 5.11 Å². The first-order chi connectivity index (χ1) is 6.83. The first kappa shape index (κ1) is 14.8. The summed E-state index contributed by atoms with van der Waals surface area (Å²) < 4.78 is 48.4. The molecule has 0 unspecified atom stereocenters. The van der Waals surface area contributed by atoms with Gasteiger partial charge in [-0.1, -0.05) is 6.92 Å². The van der Waals surface area contributed by atoms with Crippen LogP contribution in [0.3, 0.4) is 0 Å². The lowest BCUT2D eigenvalue weighted by molar-refractivity contribution is 0.319. The minimum Gasteiger partial charge on any atom is -0.395 e. The summed E-state index contributed by atoms with van der Waals surface area (Å²) in [5.74, 6) is -0.736. The molecule has 0 spiro atoms. The van der Waals surface area contributed by atoms with Crippen molar-refractivity contribution in [3.8, 4) is 0 Å². The van der Waals surface area contributed by atoms with Crippen LogP contribution in [0.25, 0.3) is 0 Å². The van der Waals surface area contributed by atoms with Crippen LogP contribution in [0.4, 0.5) is 0 Å². The second-order valence-electron chi connectivity index (χ2n) is 2.75. The normalized spacial score (nSPS) is 12.9. The van der Waals surface area contributed by atoms with Crippen molar-refractivity contribution in [2.45, 2.75) is 6.92 Å². The van der Waals surface area contributed by atoms with E-state index < -0.39 is 32.4 Å². The molecule has 0 atom stereocenters. The van der Waals surface area contributed by atoms with E-state index in [1.165, 1.54) is 0 Å². The number of hydrogen-bond acceptors (Lipinski definition) is 5. The van der Waals surface area contributed by atoms with Crippen LogP contribution in [0.5, 0.6) is 0 Å². The van der Waals surface area contributed by atoms with Gasteiger partial charge < -0.3 is 5.11 Å². The minimum absolute atomic E-state index is 0.197. The molecule has 0 aromatic rings. The summed E-state index contributed by atoms with van der Waals surface area (Å²) in [6.07, 6.45) is 0.